The lowest BCUT2D eigenvalue weighted by atomic mass is 10.2. The minimum absolute atomic E-state index is 0.0222. The number of nitrogens with zero attached hydrogens (tertiary/aromatic N) is 5. The van der Waals surface area contributed by atoms with Gasteiger partial charge in [0, 0.05) is 31.0 Å². The topological polar surface area (TPSA) is 63.9 Å². The fourth-order valence-electron chi connectivity index (χ4n) is 3.01. The lowest BCUT2D eigenvalue weighted by Gasteiger charge is -2.16. The maximum Gasteiger partial charge on any atom is 0.255 e. The van der Waals surface area contributed by atoms with E-state index in [0.717, 1.165) is 24.2 Å². The summed E-state index contributed by atoms with van der Waals surface area (Å²) in [6.45, 7) is 1.37. The van der Waals surface area contributed by atoms with Gasteiger partial charge >= 0.3 is 0 Å². The Morgan fingerprint density at radius 1 is 1.12 bits per heavy atom. The van der Waals surface area contributed by atoms with Crippen molar-refractivity contribution in [2.75, 3.05) is 13.1 Å². The van der Waals surface area contributed by atoms with Crippen LogP contribution in [0.15, 0.2) is 61.1 Å². The smallest absolute Gasteiger partial charge is 0.255 e. The first-order valence-electron chi connectivity index (χ1n) is 7.98. The molecule has 0 N–H and O–H groups in total. The van der Waals surface area contributed by atoms with Crippen LogP contribution < -0.4 is 0 Å². The van der Waals surface area contributed by atoms with Crippen LogP contribution in [0.2, 0.25) is 0 Å². The molecule has 1 fully saturated rings. The zero-order valence-corrected chi connectivity index (χ0v) is 13.1. The molecule has 1 atom stereocenters. The molecule has 0 bridgehead atoms. The molecule has 24 heavy (non-hydrogen) atoms. The highest BCUT2D eigenvalue weighted by Crippen LogP contribution is 2.24. The summed E-state index contributed by atoms with van der Waals surface area (Å²) in [6.07, 6.45) is 6.12. The molecule has 0 aliphatic carbocycles. The molecule has 2 aromatic heterocycles. The molecular weight excluding hydrogens is 302 g/mol. The van der Waals surface area contributed by atoms with Crippen LogP contribution in [-0.2, 0) is 0 Å². The summed E-state index contributed by atoms with van der Waals surface area (Å²) in [5.74, 6) is 0.0222. The van der Waals surface area contributed by atoms with E-state index in [0.29, 0.717) is 12.1 Å². The van der Waals surface area contributed by atoms with Gasteiger partial charge < -0.3 is 4.90 Å². The maximum atomic E-state index is 12.5. The highest BCUT2D eigenvalue weighted by Gasteiger charge is 2.29. The van der Waals surface area contributed by atoms with Crippen LogP contribution in [0.25, 0.3) is 11.3 Å². The van der Waals surface area contributed by atoms with Gasteiger partial charge in [-0.25, -0.2) is 4.68 Å². The number of amides is 1. The molecule has 1 aliphatic rings. The van der Waals surface area contributed by atoms with Gasteiger partial charge in [-0.2, -0.15) is 0 Å². The molecule has 0 saturated carbocycles. The Kier molecular flexibility index (Phi) is 3.78. The number of likely N-dealkylation sites (tertiary alicyclic amines) is 1. The number of carbonyl (C=O) groups is 1. The molecule has 1 unspecified atom stereocenters. The third-order valence-electron chi connectivity index (χ3n) is 4.31. The van der Waals surface area contributed by atoms with Crippen molar-refractivity contribution in [3.05, 3.63) is 66.6 Å². The van der Waals surface area contributed by atoms with E-state index in [1.807, 2.05) is 46.1 Å². The van der Waals surface area contributed by atoms with Crippen LogP contribution in [-0.4, -0.2) is 43.9 Å². The molecule has 1 aromatic carbocycles. The molecule has 1 aliphatic heterocycles. The standard InChI is InChI=1S/C18H17N5O/c24-18(15-7-4-9-19-11-15)22-10-8-16(12-22)23-13-17(20-21-23)14-5-2-1-3-6-14/h1-7,9,11,13,16H,8,10,12H2. The summed E-state index contributed by atoms with van der Waals surface area (Å²) in [6, 6.07) is 13.7. The van der Waals surface area contributed by atoms with Gasteiger partial charge in [0.05, 0.1) is 17.8 Å². The molecule has 0 radical (unpaired) electrons. The quantitative estimate of drug-likeness (QED) is 0.744. The second-order valence-electron chi connectivity index (χ2n) is 5.89. The molecule has 120 valence electrons. The Labute approximate surface area is 139 Å². The van der Waals surface area contributed by atoms with E-state index in [9.17, 15) is 4.79 Å². The Balaban J connectivity index is 1.48. The zero-order valence-electron chi connectivity index (χ0n) is 13.1. The van der Waals surface area contributed by atoms with Crippen molar-refractivity contribution in [1.82, 2.24) is 24.9 Å². The molecule has 0 spiro atoms. The predicted octanol–water partition coefficient (Wildman–Crippen LogP) is 2.43. The SMILES string of the molecule is O=C(c1cccnc1)N1CCC(n2cc(-c3ccccc3)nn2)C1. The predicted molar refractivity (Wildman–Crippen MR) is 89.3 cm³/mol. The average Bonchev–Trinajstić information content (AvgIpc) is 3.32. The van der Waals surface area contributed by atoms with E-state index < -0.39 is 0 Å². The summed E-state index contributed by atoms with van der Waals surface area (Å²) in [7, 11) is 0. The summed E-state index contributed by atoms with van der Waals surface area (Å²) in [5.41, 5.74) is 2.53. The monoisotopic (exact) mass is 319 g/mol. The van der Waals surface area contributed by atoms with Crippen LogP contribution in [0.3, 0.4) is 0 Å². The molecule has 6 nitrogen and oxygen atoms in total. The third kappa shape index (κ3) is 2.78. The van der Waals surface area contributed by atoms with E-state index >= 15 is 0 Å². The zero-order chi connectivity index (χ0) is 16.4. The molecule has 4 rings (SSSR count). The fraction of sp³-hybridized carbons (Fsp3) is 0.222. The number of benzene rings is 1. The van der Waals surface area contributed by atoms with E-state index in [-0.39, 0.29) is 11.9 Å². The van der Waals surface area contributed by atoms with Crippen molar-refractivity contribution < 1.29 is 4.79 Å². The van der Waals surface area contributed by atoms with Gasteiger partial charge in [0.15, 0.2) is 0 Å². The van der Waals surface area contributed by atoms with Crippen molar-refractivity contribution in [2.24, 2.45) is 0 Å². The van der Waals surface area contributed by atoms with E-state index in [4.69, 9.17) is 0 Å². The van der Waals surface area contributed by atoms with Crippen LogP contribution in [0.1, 0.15) is 22.8 Å². The highest BCUT2D eigenvalue weighted by molar-refractivity contribution is 5.94. The van der Waals surface area contributed by atoms with Gasteiger partial charge in [-0.1, -0.05) is 35.5 Å². The van der Waals surface area contributed by atoms with Crippen LogP contribution in [0.5, 0.6) is 0 Å². The van der Waals surface area contributed by atoms with Gasteiger partial charge in [0.25, 0.3) is 5.91 Å². The molecule has 6 heteroatoms. The molecule has 1 saturated heterocycles. The first-order chi connectivity index (χ1) is 11.8. The Bertz CT molecular complexity index is 831. The summed E-state index contributed by atoms with van der Waals surface area (Å²) in [5, 5.41) is 8.52. The number of aromatic nitrogens is 4. The molecule has 1 amide bonds. The average molecular weight is 319 g/mol. The Morgan fingerprint density at radius 2 is 2.00 bits per heavy atom. The summed E-state index contributed by atoms with van der Waals surface area (Å²) >= 11 is 0. The van der Waals surface area contributed by atoms with E-state index in [1.165, 1.54) is 0 Å². The Hall–Kier alpha value is -3.02. The second kappa shape index (κ2) is 6.23. The van der Waals surface area contributed by atoms with Crippen LogP contribution >= 0.6 is 0 Å². The largest absolute Gasteiger partial charge is 0.336 e. The van der Waals surface area contributed by atoms with E-state index in [2.05, 4.69) is 15.3 Å². The lowest BCUT2D eigenvalue weighted by Crippen LogP contribution is -2.29. The number of hydrogen-bond acceptors (Lipinski definition) is 4. The van der Waals surface area contributed by atoms with Crippen molar-refractivity contribution in [1.29, 1.82) is 0 Å². The second-order valence-corrected chi connectivity index (χ2v) is 5.89. The number of hydrogen-bond donors (Lipinski definition) is 0. The highest BCUT2D eigenvalue weighted by atomic mass is 16.2. The van der Waals surface area contributed by atoms with Crippen molar-refractivity contribution in [2.45, 2.75) is 12.5 Å². The Morgan fingerprint density at radius 3 is 2.79 bits per heavy atom. The van der Waals surface area contributed by atoms with Gasteiger partial charge in [-0.15, -0.1) is 5.10 Å². The van der Waals surface area contributed by atoms with Crippen LogP contribution in [0.4, 0.5) is 0 Å². The van der Waals surface area contributed by atoms with Gasteiger partial charge in [0.2, 0.25) is 0 Å². The fourth-order valence-corrected chi connectivity index (χ4v) is 3.01. The minimum atomic E-state index is 0.0222. The van der Waals surface area contributed by atoms with Crippen molar-refractivity contribution >= 4 is 5.91 Å². The minimum Gasteiger partial charge on any atom is -0.336 e. The summed E-state index contributed by atoms with van der Waals surface area (Å²) in [4.78, 5) is 18.4. The number of carbonyl (C=O) groups excluding carboxylic acids is 1. The van der Waals surface area contributed by atoms with E-state index in [1.54, 1.807) is 24.5 Å². The van der Waals surface area contributed by atoms with Crippen molar-refractivity contribution in [3.63, 3.8) is 0 Å². The lowest BCUT2D eigenvalue weighted by molar-refractivity contribution is 0.0786. The third-order valence-corrected chi connectivity index (χ3v) is 4.31. The molecular formula is C18H17N5O. The summed E-state index contributed by atoms with van der Waals surface area (Å²) < 4.78 is 1.87. The van der Waals surface area contributed by atoms with Gasteiger partial charge in [-0.05, 0) is 18.6 Å². The molecule has 3 aromatic rings. The molecule has 3 heterocycles. The number of rotatable bonds is 3. The maximum absolute atomic E-state index is 12.5. The van der Waals surface area contributed by atoms with Gasteiger partial charge in [0.1, 0.15) is 5.69 Å². The first kappa shape index (κ1) is 14.6. The first-order valence-corrected chi connectivity index (χ1v) is 7.98. The number of pyridine rings is 1. The van der Waals surface area contributed by atoms with Crippen molar-refractivity contribution in [3.8, 4) is 11.3 Å². The van der Waals surface area contributed by atoms with Crippen LogP contribution in [0, 0.1) is 0 Å². The normalized spacial score (nSPS) is 17.2. The van der Waals surface area contributed by atoms with Gasteiger partial charge in [-0.3, -0.25) is 9.78 Å².